The van der Waals surface area contributed by atoms with Gasteiger partial charge in [-0.1, -0.05) is 26.7 Å². The number of urea groups is 1. The van der Waals surface area contributed by atoms with E-state index in [-0.39, 0.29) is 12.2 Å². The number of nitriles is 1. The molecule has 0 atom stereocenters. The number of hydrogen-bond acceptors (Lipinski definition) is 6. The smallest absolute Gasteiger partial charge is 0.334 e. The summed E-state index contributed by atoms with van der Waals surface area (Å²) in [6, 6.07) is 2.53. The topological polar surface area (TPSA) is 125 Å². The summed E-state index contributed by atoms with van der Waals surface area (Å²) in [7, 11) is 0. The van der Waals surface area contributed by atoms with Crippen LogP contribution in [0.5, 0.6) is 11.5 Å². The van der Waals surface area contributed by atoms with Crippen LogP contribution in [0.3, 0.4) is 0 Å². The van der Waals surface area contributed by atoms with E-state index in [2.05, 4.69) is 35.0 Å². The lowest BCUT2D eigenvalue weighted by Crippen LogP contribution is -2.47. The summed E-state index contributed by atoms with van der Waals surface area (Å²) in [5, 5.41) is 10.6. The van der Waals surface area contributed by atoms with Gasteiger partial charge in [0.15, 0.2) is 11.5 Å². The van der Waals surface area contributed by atoms with Gasteiger partial charge in [0, 0.05) is 6.07 Å². The van der Waals surface area contributed by atoms with E-state index in [1.165, 1.54) is 12.3 Å². The largest absolute Gasteiger partial charge is 0.490 e. The molecule has 0 radical (unpaired) electrons. The van der Waals surface area contributed by atoms with Crippen LogP contribution in [0.15, 0.2) is 12.3 Å². The van der Waals surface area contributed by atoms with E-state index in [0.29, 0.717) is 24.7 Å². The fraction of sp³-hybridized carbons (Fsp3) is 0.529. The number of nitrogens with zero attached hydrogens (tertiary/aromatic N) is 2. The molecule has 0 unspecified atom stereocenters. The molecular formula is C17H25N5O4. The maximum Gasteiger partial charge on any atom is 0.334 e. The molecule has 1 rings (SSSR count). The van der Waals surface area contributed by atoms with Crippen LogP contribution in [-0.4, -0.2) is 36.7 Å². The Hall–Kier alpha value is -3.02. The van der Waals surface area contributed by atoms with Gasteiger partial charge in [-0.2, -0.15) is 5.26 Å². The second-order valence-electron chi connectivity index (χ2n) is 5.34. The van der Waals surface area contributed by atoms with E-state index in [1.807, 2.05) is 0 Å². The highest BCUT2D eigenvalue weighted by Crippen LogP contribution is 2.27. The Labute approximate surface area is 153 Å². The molecule has 0 aliphatic rings. The van der Waals surface area contributed by atoms with Gasteiger partial charge in [0.1, 0.15) is 12.2 Å². The third-order valence-electron chi connectivity index (χ3n) is 3.19. The molecular weight excluding hydrogens is 338 g/mol. The zero-order chi connectivity index (χ0) is 19.2. The zero-order valence-electron chi connectivity index (χ0n) is 15.1. The maximum absolute atomic E-state index is 12.1. The molecule has 0 bridgehead atoms. The Morgan fingerprint density at radius 2 is 1.77 bits per heavy atom. The molecule has 0 spiro atoms. The van der Waals surface area contributed by atoms with Crippen molar-refractivity contribution in [1.82, 2.24) is 21.2 Å². The van der Waals surface area contributed by atoms with Crippen molar-refractivity contribution in [2.75, 3.05) is 19.8 Å². The average molecular weight is 363 g/mol. The van der Waals surface area contributed by atoms with Gasteiger partial charge in [-0.05, 0) is 12.8 Å². The Bertz CT molecular complexity index is 630. The first-order chi connectivity index (χ1) is 12.6. The van der Waals surface area contributed by atoms with Crippen molar-refractivity contribution in [2.45, 2.75) is 39.5 Å². The second-order valence-corrected chi connectivity index (χ2v) is 5.34. The van der Waals surface area contributed by atoms with Crippen LogP contribution < -0.4 is 25.6 Å². The minimum atomic E-state index is -0.696. The lowest BCUT2D eigenvalue weighted by atomic mass is 10.3. The Balaban J connectivity index is 2.74. The van der Waals surface area contributed by atoms with Crippen molar-refractivity contribution in [1.29, 1.82) is 5.26 Å². The lowest BCUT2D eigenvalue weighted by molar-refractivity contribution is 0.0930. The summed E-state index contributed by atoms with van der Waals surface area (Å²) in [5.74, 6) is 0.298. The summed E-state index contributed by atoms with van der Waals surface area (Å²) in [5.41, 5.74) is 4.41. The fourth-order valence-corrected chi connectivity index (χ4v) is 1.76. The molecule has 9 heteroatoms. The lowest BCUT2D eigenvalue weighted by Gasteiger charge is -2.13. The minimum absolute atomic E-state index is 0.0694. The molecule has 0 aromatic carbocycles. The highest BCUT2D eigenvalue weighted by molar-refractivity contribution is 5.94. The number of hydrogen-bond donors (Lipinski definition) is 3. The van der Waals surface area contributed by atoms with Crippen LogP contribution in [0, 0.1) is 11.3 Å². The number of aromatic nitrogens is 1. The number of carbonyl (C=O) groups is 2. The van der Waals surface area contributed by atoms with Crippen molar-refractivity contribution in [3.8, 4) is 17.6 Å². The highest BCUT2D eigenvalue weighted by atomic mass is 16.5. The van der Waals surface area contributed by atoms with Gasteiger partial charge in [0.2, 0.25) is 0 Å². The third-order valence-corrected chi connectivity index (χ3v) is 3.19. The van der Waals surface area contributed by atoms with Crippen molar-refractivity contribution in [3.05, 3.63) is 18.0 Å². The van der Waals surface area contributed by atoms with Crippen LogP contribution in [0.2, 0.25) is 0 Å². The monoisotopic (exact) mass is 363 g/mol. The SMILES string of the molecule is CCCCOc1cnc(C(=O)NNC(=O)NCC#N)cc1OCCCC. The first-order valence-electron chi connectivity index (χ1n) is 8.59. The highest BCUT2D eigenvalue weighted by Gasteiger charge is 2.14. The summed E-state index contributed by atoms with van der Waals surface area (Å²) < 4.78 is 11.4. The normalized spacial score (nSPS) is 9.73. The van der Waals surface area contributed by atoms with E-state index in [4.69, 9.17) is 14.7 Å². The molecule has 0 aliphatic heterocycles. The van der Waals surface area contributed by atoms with Crippen LogP contribution in [-0.2, 0) is 0 Å². The minimum Gasteiger partial charge on any atom is -0.490 e. The maximum atomic E-state index is 12.1. The molecule has 1 aromatic rings. The third kappa shape index (κ3) is 7.70. The summed E-state index contributed by atoms with van der Waals surface area (Å²) in [6.07, 6.45) is 5.19. The summed E-state index contributed by atoms with van der Waals surface area (Å²) >= 11 is 0. The summed E-state index contributed by atoms with van der Waals surface area (Å²) in [4.78, 5) is 27.5. The van der Waals surface area contributed by atoms with E-state index in [1.54, 1.807) is 6.07 Å². The van der Waals surface area contributed by atoms with Gasteiger partial charge in [0.25, 0.3) is 5.91 Å². The Kier molecular flexibility index (Phi) is 9.99. The number of nitrogens with one attached hydrogen (secondary N) is 3. The molecule has 142 valence electrons. The number of unbranched alkanes of at least 4 members (excludes halogenated alkanes) is 2. The van der Waals surface area contributed by atoms with Crippen LogP contribution in [0.4, 0.5) is 4.79 Å². The first-order valence-corrected chi connectivity index (χ1v) is 8.59. The van der Waals surface area contributed by atoms with E-state index in [0.717, 1.165) is 25.7 Å². The van der Waals surface area contributed by atoms with E-state index < -0.39 is 11.9 Å². The molecule has 26 heavy (non-hydrogen) atoms. The van der Waals surface area contributed by atoms with Crippen molar-refractivity contribution in [2.24, 2.45) is 0 Å². The van der Waals surface area contributed by atoms with Gasteiger partial charge >= 0.3 is 6.03 Å². The molecule has 1 heterocycles. The predicted octanol–water partition coefficient (Wildman–Crippen LogP) is 1.91. The standard InChI is InChI=1S/C17H25N5O4/c1-3-5-9-25-14-11-13(20-12-15(14)26-10-6-4-2)16(23)21-22-17(24)19-8-7-18/h11-12H,3-6,8-10H2,1-2H3,(H,21,23)(H2,19,22,24). The molecule has 9 nitrogen and oxygen atoms in total. The van der Waals surface area contributed by atoms with Gasteiger partial charge in [-0.15, -0.1) is 0 Å². The van der Waals surface area contributed by atoms with Crippen molar-refractivity contribution in [3.63, 3.8) is 0 Å². The number of ether oxygens (including phenoxy) is 2. The predicted molar refractivity (Wildman–Crippen MR) is 94.7 cm³/mol. The van der Waals surface area contributed by atoms with E-state index in [9.17, 15) is 9.59 Å². The molecule has 3 amide bonds. The molecule has 0 aliphatic carbocycles. The number of hydrazine groups is 1. The molecule has 3 N–H and O–H groups in total. The Morgan fingerprint density at radius 1 is 1.12 bits per heavy atom. The number of pyridine rings is 1. The van der Waals surface area contributed by atoms with Crippen LogP contribution >= 0.6 is 0 Å². The van der Waals surface area contributed by atoms with Gasteiger partial charge < -0.3 is 14.8 Å². The Morgan fingerprint density at radius 3 is 2.38 bits per heavy atom. The van der Waals surface area contributed by atoms with Crippen LogP contribution in [0.25, 0.3) is 0 Å². The molecule has 0 saturated heterocycles. The average Bonchev–Trinajstić information content (AvgIpc) is 2.65. The van der Waals surface area contributed by atoms with Crippen molar-refractivity contribution < 1.29 is 19.1 Å². The van der Waals surface area contributed by atoms with Crippen molar-refractivity contribution >= 4 is 11.9 Å². The first kappa shape index (κ1) is 21.0. The number of amides is 3. The van der Waals surface area contributed by atoms with Gasteiger partial charge in [-0.25, -0.2) is 15.2 Å². The molecule has 0 saturated carbocycles. The molecule has 1 aromatic heterocycles. The molecule has 0 fully saturated rings. The fourth-order valence-electron chi connectivity index (χ4n) is 1.76. The second kappa shape index (κ2) is 12.4. The number of rotatable bonds is 10. The van der Waals surface area contributed by atoms with Crippen LogP contribution in [0.1, 0.15) is 50.0 Å². The van der Waals surface area contributed by atoms with Gasteiger partial charge in [0.05, 0.1) is 25.5 Å². The van der Waals surface area contributed by atoms with Gasteiger partial charge in [-0.3, -0.25) is 10.2 Å². The number of carbonyl (C=O) groups excluding carboxylic acids is 2. The zero-order valence-corrected chi connectivity index (χ0v) is 15.1. The van der Waals surface area contributed by atoms with E-state index >= 15 is 0 Å². The summed E-state index contributed by atoms with van der Waals surface area (Å²) in [6.45, 7) is 4.98. The quantitative estimate of drug-likeness (QED) is 0.331.